The molecule has 0 aromatic heterocycles. The lowest BCUT2D eigenvalue weighted by atomic mass is 9.98. The van der Waals surface area contributed by atoms with Crippen molar-refractivity contribution in [2.24, 2.45) is 0 Å². The van der Waals surface area contributed by atoms with Gasteiger partial charge in [-0.2, -0.15) is 0 Å². The van der Waals surface area contributed by atoms with Crippen LogP contribution in [0.2, 0.25) is 0 Å². The summed E-state index contributed by atoms with van der Waals surface area (Å²) in [5.41, 5.74) is 2.20. The van der Waals surface area contributed by atoms with Crippen LogP contribution in [0.3, 0.4) is 0 Å². The summed E-state index contributed by atoms with van der Waals surface area (Å²) in [7, 11) is -1.90. The van der Waals surface area contributed by atoms with Crippen molar-refractivity contribution < 1.29 is 8.42 Å². The zero-order chi connectivity index (χ0) is 11.6. The molecule has 0 unspecified atom stereocenters. The van der Waals surface area contributed by atoms with E-state index in [2.05, 4.69) is 18.6 Å². The molecule has 1 rings (SSSR count). The number of nitrogens with one attached hydrogen (secondary N) is 1. The molecule has 3 nitrogen and oxygen atoms in total. The van der Waals surface area contributed by atoms with Gasteiger partial charge in [-0.3, -0.25) is 0 Å². The lowest BCUT2D eigenvalue weighted by Crippen LogP contribution is -2.18. The quantitative estimate of drug-likeness (QED) is 0.858. The molecule has 0 bridgehead atoms. The third-order valence-electron chi connectivity index (χ3n) is 2.45. The minimum atomic E-state index is -3.32. The fraction of sp³-hybridized carbons (Fsp3) is 0.455. The molecular formula is C11H17NO2S. The van der Waals surface area contributed by atoms with E-state index in [0.717, 1.165) is 11.1 Å². The summed E-state index contributed by atoms with van der Waals surface area (Å²) in [6.45, 7) is 6.10. The highest BCUT2D eigenvalue weighted by Crippen LogP contribution is 2.22. The van der Waals surface area contributed by atoms with Gasteiger partial charge in [-0.05, 0) is 43.1 Å². The molecular weight excluding hydrogens is 210 g/mol. The molecule has 15 heavy (non-hydrogen) atoms. The Morgan fingerprint density at radius 3 is 2.33 bits per heavy atom. The number of aryl methyl sites for hydroxylation is 1. The van der Waals surface area contributed by atoms with Gasteiger partial charge in [-0.15, -0.1) is 0 Å². The molecule has 0 aliphatic carbocycles. The second-order valence-electron chi connectivity index (χ2n) is 3.88. The number of rotatable bonds is 3. The zero-order valence-electron chi connectivity index (χ0n) is 9.53. The topological polar surface area (TPSA) is 46.2 Å². The fourth-order valence-corrected chi connectivity index (χ4v) is 2.29. The molecule has 0 saturated carbocycles. The van der Waals surface area contributed by atoms with Crippen molar-refractivity contribution in [2.75, 3.05) is 7.05 Å². The standard InChI is InChI=1S/C11H17NO2S/c1-8(2)11-7-10(6-5-9(11)3)15(13,14)12-4/h5-8,12H,1-4H3. The maximum absolute atomic E-state index is 11.6. The number of sulfonamides is 1. The van der Waals surface area contributed by atoms with E-state index >= 15 is 0 Å². The molecule has 84 valence electrons. The Kier molecular flexibility index (Phi) is 3.52. The summed E-state index contributed by atoms with van der Waals surface area (Å²) in [4.78, 5) is 0.333. The average molecular weight is 227 g/mol. The second-order valence-corrected chi connectivity index (χ2v) is 5.77. The number of benzene rings is 1. The maximum atomic E-state index is 11.6. The summed E-state index contributed by atoms with van der Waals surface area (Å²) >= 11 is 0. The summed E-state index contributed by atoms with van der Waals surface area (Å²) in [6.07, 6.45) is 0. The van der Waals surface area contributed by atoms with Crippen molar-refractivity contribution in [1.82, 2.24) is 4.72 Å². The summed E-state index contributed by atoms with van der Waals surface area (Å²) in [5.74, 6) is 0.331. The minimum Gasteiger partial charge on any atom is -0.214 e. The van der Waals surface area contributed by atoms with E-state index in [1.807, 2.05) is 13.0 Å². The molecule has 0 amide bonds. The normalized spacial score (nSPS) is 12.1. The van der Waals surface area contributed by atoms with E-state index in [0.29, 0.717) is 10.8 Å². The van der Waals surface area contributed by atoms with Gasteiger partial charge in [0.15, 0.2) is 0 Å². The Morgan fingerprint density at radius 1 is 1.27 bits per heavy atom. The lowest BCUT2D eigenvalue weighted by molar-refractivity contribution is 0.588. The van der Waals surface area contributed by atoms with Crippen molar-refractivity contribution in [3.8, 4) is 0 Å². The molecule has 1 aromatic rings. The predicted molar refractivity (Wildman–Crippen MR) is 61.5 cm³/mol. The van der Waals surface area contributed by atoms with Gasteiger partial charge in [0.1, 0.15) is 0 Å². The van der Waals surface area contributed by atoms with Crippen LogP contribution in [0.25, 0.3) is 0 Å². The fourth-order valence-electron chi connectivity index (χ4n) is 1.53. The molecule has 0 aliphatic heterocycles. The Labute approximate surface area is 91.6 Å². The van der Waals surface area contributed by atoms with Crippen molar-refractivity contribution in [3.05, 3.63) is 29.3 Å². The lowest BCUT2D eigenvalue weighted by Gasteiger charge is -2.11. The molecule has 0 saturated heterocycles. The Bertz CT molecular complexity index is 450. The predicted octanol–water partition coefficient (Wildman–Crippen LogP) is 2.03. The summed E-state index contributed by atoms with van der Waals surface area (Å²) in [5, 5.41) is 0. The highest BCUT2D eigenvalue weighted by molar-refractivity contribution is 7.89. The van der Waals surface area contributed by atoms with E-state index in [1.54, 1.807) is 12.1 Å². The molecule has 0 spiro atoms. The first-order chi connectivity index (χ1) is 6.88. The maximum Gasteiger partial charge on any atom is 0.240 e. The van der Waals surface area contributed by atoms with E-state index in [-0.39, 0.29) is 0 Å². The van der Waals surface area contributed by atoms with Gasteiger partial charge in [0.05, 0.1) is 4.90 Å². The first-order valence-corrected chi connectivity index (χ1v) is 6.41. The van der Waals surface area contributed by atoms with E-state index in [4.69, 9.17) is 0 Å². The Hall–Kier alpha value is -0.870. The minimum absolute atomic E-state index is 0.331. The summed E-state index contributed by atoms with van der Waals surface area (Å²) in [6, 6.07) is 5.22. The molecule has 0 heterocycles. The van der Waals surface area contributed by atoms with E-state index in [1.165, 1.54) is 7.05 Å². The van der Waals surface area contributed by atoms with Crippen LogP contribution in [0.15, 0.2) is 23.1 Å². The number of hydrogen-bond donors (Lipinski definition) is 1. The molecule has 0 aliphatic rings. The summed E-state index contributed by atoms with van der Waals surface area (Å²) < 4.78 is 25.5. The van der Waals surface area contributed by atoms with Crippen molar-refractivity contribution >= 4 is 10.0 Å². The first kappa shape index (κ1) is 12.2. The van der Waals surface area contributed by atoms with E-state index < -0.39 is 10.0 Å². The van der Waals surface area contributed by atoms with Gasteiger partial charge in [0.2, 0.25) is 10.0 Å². The Balaban J connectivity index is 3.31. The largest absolute Gasteiger partial charge is 0.240 e. The van der Waals surface area contributed by atoms with Gasteiger partial charge in [-0.25, -0.2) is 13.1 Å². The van der Waals surface area contributed by atoms with Gasteiger partial charge in [-0.1, -0.05) is 19.9 Å². The van der Waals surface area contributed by atoms with Crippen LogP contribution in [-0.2, 0) is 10.0 Å². The zero-order valence-corrected chi connectivity index (χ0v) is 10.4. The Morgan fingerprint density at radius 2 is 1.87 bits per heavy atom. The first-order valence-electron chi connectivity index (χ1n) is 4.92. The van der Waals surface area contributed by atoms with Crippen molar-refractivity contribution in [2.45, 2.75) is 31.6 Å². The van der Waals surface area contributed by atoms with Crippen molar-refractivity contribution in [1.29, 1.82) is 0 Å². The van der Waals surface area contributed by atoms with Crippen LogP contribution < -0.4 is 4.72 Å². The monoisotopic (exact) mass is 227 g/mol. The van der Waals surface area contributed by atoms with Crippen LogP contribution in [-0.4, -0.2) is 15.5 Å². The number of hydrogen-bond acceptors (Lipinski definition) is 2. The highest BCUT2D eigenvalue weighted by atomic mass is 32.2. The van der Waals surface area contributed by atoms with Gasteiger partial charge >= 0.3 is 0 Å². The van der Waals surface area contributed by atoms with Crippen LogP contribution >= 0.6 is 0 Å². The average Bonchev–Trinajstić information content (AvgIpc) is 2.17. The molecule has 1 N–H and O–H groups in total. The molecule has 1 aromatic carbocycles. The molecule has 4 heteroatoms. The molecule has 0 atom stereocenters. The van der Waals surface area contributed by atoms with Crippen LogP contribution in [0.1, 0.15) is 30.9 Å². The van der Waals surface area contributed by atoms with Gasteiger partial charge in [0, 0.05) is 0 Å². The van der Waals surface area contributed by atoms with E-state index in [9.17, 15) is 8.42 Å². The highest BCUT2D eigenvalue weighted by Gasteiger charge is 2.13. The third-order valence-corrected chi connectivity index (χ3v) is 3.86. The second kappa shape index (κ2) is 4.33. The van der Waals surface area contributed by atoms with Crippen molar-refractivity contribution in [3.63, 3.8) is 0 Å². The van der Waals surface area contributed by atoms with Gasteiger partial charge in [0.25, 0.3) is 0 Å². The third kappa shape index (κ3) is 2.58. The van der Waals surface area contributed by atoms with Crippen LogP contribution in [0, 0.1) is 6.92 Å². The molecule has 0 radical (unpaired) electrons. The SMILES string of the molecule is CNS(=O)(=O)c1ccc(C)c(C(C)C)c1. The molecule has 0 fully saturated rings. The van der Waals surface area contributed by atoms with Crippen LogP contribution in [0.4, 0.5) is 0 Å². The smallest absolute Gasteiger partial charge is 0.214 e. The van der Waals surface area contributed by atoms with Gasteiger partial charge < -0.3 is 0 Å². The van der Waals surface area contributed by atoms with Crippen LogP contribution in [0.5, 0.6) is 0 Å².